The summed E-state index contributed by atoms with van der Waals surface area (Å²) in [4.78, 5) is 24.7. The van der Waals surface area contributed by atoms with Crippen molar-refractivity contribution in [3.8, 4) is 0 Å². The number of hydrogen-bond donors (Lipinski definition) is 0. The van der Waals surface area contributed by atoms with Crippen molar-refractivity contribution < 1.29 is 9.59 Å². The van der Waals surface area contributed by atoms with Crippen molar-refractivity contribution >= 4 is 11.6 Å². The van der Waals surface area contributed by atoms with Crippen molar-refractivity contribution in [2.45, 2.75) is 13.3 Å². The minimum absolute atomic E-state index is 0.0206. The highest BCUT2D eigenvalue weighted by molar-refractivity contribution is 5.98. The Bertz CT molecular complexity index is 379. The predicted octanol–water partition coefficient (Wildman–Crippen LogP) is 2.02. The molecule has 3 heteroatoms. The summed E-state index contributed by atoms with van der Waals surface area (Å²) in [5, 5.41) is 0. The second kappa shape index (κ2) is 5.56. The van der Waals surface area contributed by atoms with Crippen LogP contribution in [0.2, 0.25) is 0 Å². The smallest absolute Gasteiger partial charge is 0.164 e. The molecule has 1 rings (SSSR count). The Morgan fingerprint density at radius 1 is 1.06 bits per heavy atom. The fourth-order valence-corrected chi connectivity index (χ4v) is 1.36. The van der Waals surface area contributed by atoms with E-state index in [1.807, 2.05) is 19.0 Å². The van der Waals surface area contributed by atoms with Gasteiger partial charge in [-0.25, -0.2) is 0 Å². The molecule has 0 fully saturated rings. The van der Waals surface area contributed by atoms with Crippen molar-refractivity contribution in [1.29, 1.82) is 0 Å². The van der Waals surface area contributed by atoms with E-state index in [1.165, 1.54) is 6.92 Å². The molecule has 0 aliphatic carbocycles. The van der Waals surface area contributed by atoms with E-state index in [0.29, 0.717) is 17.5 Å². The molecule has 0 unspecified atom stereocenters. The van der Waals surface area contributed by atoms with Crippen LogP contribution in [0, 0.1) is 0 Å². The molecule has 86 valence electrons. The molecule has 16 heavy (non-hydrogen) atoms. The van der Waals surface area contributed by atoms with Gasteiger partial charge < -0.3 is 4.90 Å². The van der Waals surface area contributed by atoms with E-state index >= 15 is 0 Å². The van der Waals surface area contributed by atoms with E-state index in [-0.39, 0.29) is 11.6 Å². The fraction of sp³-hybridized carbons (Fsp3) is 0.385. The van der Waals surface area contributed by atoms with Crippen LogP contribution in [0.25, 0.3) is 0 Å². The first kappa shape index (κ1) is 12.6. The van der Waals surface area contributed by atoms with Gasteiger partial charge in [0.1, 0.15) is 0 Å². The van der Waals surface area contributed by atoms with Crippen LogP contribution in [0.1, 0.15) is 34.1 Å². The maximum absolute atomic E-state index is 11.7. The van der Waals surface area contributed by atoms with Crippen LogP contribution in [0.5, 0.6) is 0 Å². The van der Waals surface area contributed by atoms with Crippen molar-refractivity contribution in [1.82, 2.24) is 4.90 Å². The highest BCUT2D eigenvalue weighted by Gasteiger charge is 2.07. The van der Waals surface area contributed by atoms with Gasteiger partial charge in [-0.2, -0.15) is 0 Å². The number of rotatable bonds is 5. The molecule has 0 saturated heterocycles. The number of ketones is 2. The zero-order valence-electron chi connectivity index (χ0n) is 9.99. The lowest BCUT2D eigenvalue weighted by molar-refractivity contribution is 0.0969. The number of Topliss-reactive ketones (excluding diaryl/α,β-unsaturated/α-hetero) is 2. The fourth-order valence-electron chi connectivity index (χ4n) is 1.36. The molecule has 0 amide bonds. The van der Waals surface area contributed by atoms with Crippen LogP contribution < -0.4 is 0 Å². The van der Waals surface area contributed by atoms with Crippen molar-refractivity contribution in [2.24, 2.45) is 0 Å². The number of carbonyl (C=O) groups excluding carboxylic acids is 2. The van der Waals surface area contributed by atoms with E-state index < -0.39 is 0 Å². The van der Waals surface area contributed by atoms with Crippen LogP contribution in [0.3, 0.4) is 0 Å². The molecule has 0 radical (unpaired) electrons. The summed E-state index contributed by atoms with van der Waals surface area (Å²) in [6, 6.07) is 6.83. The van der Waals surface area contributed by atoms with Gasteiger partial charge in [0.15, 0.2) is 11.6 Å². The topological polar surface area (TPSA) is 37.4 Å². The Morgan fingerprint density at radius 2 is 1.56 bits per heavy atom. The Kier molecular flexibility index (Phi) is 4.38. The molecule has 1 aromatic rings. The minimum Gasteiger partial charge on any atom is -0.309 e. The standard InChI is InChI=1S/C13H17NO2/c1-10(15)11-4-6-12(7-5-11)13(16)8-9-14(2)3/h4-7H,8-9H2,1-3H3. The number of carbonyl (C=O) groups is 2. The molecular weight excluding hydrogens is 202 g/mol. The first-order chi connectivity index (χ1) is 7.50. The SMILES string of the molecule is CC(=O)c1ccc(C(=O)CCN(C)C)cc1. The van der Waals surface area contributed by atoms with E-state index in [9.17, 15) is 9.59 Å². The van der Waals surface area contributed by atoms with Gasteiger partial charge in [-0.05, 0) is 21.0 Å². The second-order valence-electron chi connectivity index (χ2n) is 4.11. The first-order valence-corrected chi connectivity index (χ1v) is 5.29. The molecule has 1 aromatic carbocycles. The van der Waals surface area contributed by atoms with Gasteiger partial charge in [-0.3, -0.25) is 9.59 Å². The predicted molar refractivity (Wildman–Crippen MR) is 63.9 cm³/mol. The Hall–Kier alpha value is -1.48. The normalized spacial score (nSPS) is 10.5. The summed E-state index contributed by atoms with van der Waals surface area (Å²) < 4.78 is 0. The quantitative estimate of drug-likeness (QED) is 0.711. The third-order valence-electron chi connectivity index (χ3n) is 2.40. The van der Waals surface area contributed by atoms with Crippen LogP contribution in [0.15, 0.2) is 24.3 Å². The highest BCUT2D eigenvalue weighted by Crippen LogP contribution is 2.07. The van der Waals surface area contributed by atoms with Gasteiger partial charge in [-0.15, -0.1) is 0 Å². The highest BCUT2D eigenvalue weighted by atomic mass is 16.1. The summed E-state index contributed by atoms with van der Waals surface area (Å²) in [6.07, 6.45) is 0.506. The Balaban J connectivity index is 2.67. The lowest BCUT2D eigenvalue weighted by Crippen LogP contribution is -2.16. The summed E-state index contributed by atoms with van der Waals surface area (Å²) >= 11 is 0. The Labute approximate surface area is 96.1 Å². The van der Waals surface area contributed by atoms with Gasteiger partial charge in [0, 0.05) is 24.1 Å². The molecule has 3 nitrogen and oxygen atoms in total. The van der Waals surface area contributed by atoms with Gasteiger partial charge in [0.05, 0.1) is 0 Å². The van der Waals surface area contributed by atoms with Crippen LogP contribution >= 0.6 is 0 Å². The molecule has 0 aliphatic rings. The lowest BCUT2D eigenvalue weighted by Gasteiger charge is -2.08. The minimum atomic E-state index is 0.0206. The lowest BCUT2D eigenvalue weighted by atomic mass is 10.0. The van der Waals surface area contributed by atoms with Gasteiger partial charge in [0.2, 0.25) is 0 Å². The van der Waals surface area contributed by atoms with Crippen molar-refractivity contribution in [3.63, 3.8) is 0 Å². The largest absolute Gasteiger partial charge is 0.309 e. The summed E-state index contributed by atoms with van der Waals surface area (Å²) in [6.45, 7) is 2.26. The van der Waals surface area contributed by atoms with Crippen molar-refractivity contribution in [3.05, 3.63) is 35.4 Å². The average Bonchev–Trinajstić information content (AvgIpc) is 2.26. The number of hydrogen-bond acceptors (Lipinski definition) is 3. The molecular formula is C13H17NO2. The van der Waals surface area contributed by atoms with Gasteiger partial charge >= 0.3 is 0 Å². The molecule has 0 saturated carbocycles. The zero-order valence-corrected chi connectivity index (χ0v) is 9.99. The van der Waals surface area contributed by atoms with Crippen molar-refractivity contribution in [2.75, 3.05) is 20.6 Å². The molecule has 0 aliphatic heterocycles. The summed E-state index contributed by atoms with van der Waals surface area (Å²) in [5.41, 5.74) is 1.32. The maximum atomic E-state index is 11.7. The third kappa shape index (κ3) is 3.59. The third-order valence-corrected chi connectivity index (χ3v) is 2.40. The van der Waals surface area contributed by atoms with E-state index in [1.54, 1.807) is 24.3 Å². The van der Waals surface area contributed by atoms with E-state index in [4.69, 9.17) is 0 Å². The monoisotopic (exact) mass is 219 g/mol. The Morgan fingerprint density at radius 3 is 2.00 bits per heavy atom. The summed E-state index contributed by atoms with van der Waals surface area (Å²) in [7, 11) is 3.87. The summed E-state index contributed by atoms with van der Waals surface area (Å²) in [5.74, 6) is 0.135. The molecule has 0 heterocycles. The number of benzene rings is 1. The van der Waals surface area contributed by atoms with Gasteiger partial charge in [-0.1, -0.05) is 24.3 Å². The maximum Gasteiger partial charge on any atom is 0.164 e. The average molecular weight is 219 g/mol. The van der Waals surface area contributed by atoms with Crippen LogP contribution in [-0.2, 0) is 0 Å². The first-order valence-electron chi connectivity index (χ1n) is 5.29. The van der Waals surface area contributed by atoms with E-state index in [2.05, 4.69) is 0 Å². The molecule has 0 atom stereocenters. The van der Waals surface area contributed by atoms with Crippen LogP contribution in [0.4, 0.5) is 0 Å². The zero-order chi connectivity index (χ0) is 12.1. The molecule has 0 spiro atoms. The molecule has 0 N–H and O–H groups in total. The van der Waals surface area contributed by atoms with Crippen LogP contribution in [-0.4, -0.2) is 37.1 Å². The van der Waals surface area contributed by atoms with E-state index in [0.717, 1.165) is 6.54 Å². The number of nitrogens with zero attached hydrogens (tertiary/aromatic N) is 1. The second-order valence-corrected chi connectivity index (χ2v) is 4.11. The van der Waals surface area contributed by atoms with Gasteiger partial charge in [0.25, 0.3) is 0 Å². The molecule has 0 bridgehead atoms. The molecule has 0 aromatic heterocycles.